The van der Waals surface area contributed by atoms with Crippen LogP contribution in [0, 0.1) is 17.8 Å². The van der Waals surface area contributed by atoms with Crippen LogP contribution >= 0.6 is 0 Å². The highest BCUT2D eigenvalue weighted by molar-refractivity contribution is 4.88. The first-order chi connectivity index (χ1) is 9.90. The third-order valence-electron chi connectivity index (χ3n) is 4.43. The Labute approximate surface area is 132 Å². The molecule has 1 fully saturated rings. The number of hydrogen-bond donors (Lipinski definition) is 1. The molecular weight excluding hydrogens is 260 g/mol. The summed E-state index contributed by atoms with van der Waals surface area (Å²) in [4.78, 5) is 2.66. The summed E-state index contributed by atoms with van der Waals surface area (Å²) in [6.07, 6.45) is 2.45. The molecule has 3 nitrogen and oxygen atoms in total. The second-order valence-electron chi connectivity index (χ2n) is 7.84. The van der Waals surface area contributed by atoms with E-state index in [4.69, 9.17) is 4.74 Å². The minimum absolute atomic E-state index is 0.649. The van der Waals surface area contributed by atoms with Crippen molar-refractivity contribution in [2.75, 3.05) is 32.8 Å². The largest absolute Gasteiger partial charge is 0.380 e. The minimum atomic E-state index is 0.649. The summed E-state index contributed by atoms with van der Waals surface area (Å²) in [7, 11) is 0. The SMILES string of the molecule is CC(C)CCOCCN1CC(CC(C)C)NCC1C(C)C. The van der Waals surface area contributed by atoms with Crippen LogP contribution in [-0.2, 0) is 4.74 Å². The Hall–Kier alpha value is -0.120. The fourth-order valence-electron chi connectivity index (χ4n) is 3.14. The lowest BCUT2D eigenvalue weighted by molar-refractivity contribution is 0.0448. The van der Waals surface area contributed by atoms with Gasteiger partial charge in [0.15, 0.2) is 0 Å². The lowest BCUT2D eigenvalue weighted by atomic mass is 9.95. The van der Waals surface area contributed by atoms with Crippen molar-refractivity contribution in [3.63, 3.8) is 0 Å². The summed E-state index contributed by atoms with van der Waals surface area (Å²) in [5.41, 5.74) is 0. The highest BCUT2D eigenvalue weighted by Crippen LogP contribution is 2.18. The molecule has 0 aromatic carbocycles. The van der Waals surface area contributed by atoms with Crippen LogP contribution in [0.5, 0.6) is 0 Å². The van der Waals surface area contributed by atoms with E-state index in [2.05, 4.69) is 51.8 Å². The van der Waals surface area contributed by atoms with Crippen LogP contribution in [-0.4, -0.2) is 49.8 Å². The van der Waals surface area contributed by atoms with E-state index in [0.717, 1.165) is 38.1 Å². The van der Waals surface area contributed by atoms with E-state index < -0.39 is 0 Å². The summed E-state index contributed by atoms with van der Waals surface area (Å²) in [5.74, 6) is 2.21. The number of nitrogens with one attached hydrogen (secondary N) is 1. The molecule has 0 bridgehead atoms. The normalized spacial score (nSPS) is 24.4. The second kappa shape index (κ2) is 9.81. The molecule has 2 atom stereocenters. The molecule has 2 unspecified atom stereocenters. The number of rotatable bonds is 9. The van der Waals surface area contributed by atoms with E-state index in [0.29, 0.717) is 18.0 Å². The van der Waals surface area contributed by atoms with Crippen LogP contribution in [0.1, 0.15) is 54.4 Å². The van der Waals surface area contributed by atoms with Gasteiger partial charge in [0, 0.05) is 38.3 Å². The standard InChI is InChI=1S/C18H38N2O/c1-14(2)7-9-21-10-8-20-13-17(11-15(3)4)19-12-18(20)16(5)6/h14-19H,7-13H2,1-6H3. The molecule has 0 aromatic heterocycles. The first kappa shape index (κ1) is 18.9. The molecule has 0 saturated carbocycles. The van der Waals surface area contributed by atoms with Crippen LogP contribution in [0.15, 0.2) is 0 Å². The van der Waals surface area contributed by atoms with E-state index >= 15 is 0 Å². The molecule has 126 valence electrons. The molecule has 1 N–H and O–H groups in total. The third-order valence-corrected chi connectivity index (χ3v) is 4.43. The predicted octanol–water partition coefficient (Wildman–Crippen LogP) is 3.39. The van der Waals surface area contributed by atoms with Gasteiger partial charge in [0.05, 0.1) is 6.61 Å². The number of hydrogen-bond acceptors (Lipinski definition) is 3. The Morgan fingerprint density at radius 1 is 1.05 bits per heavy atom. The topological polar surface area (TPSA) is 24.5 Å². The molecular formula is C18H38N2O. The Balaban J connectivity index is 2.36. The van der Waals surface area contributed by atoms with Gasteiger partial charge in [-0.25, -0.2) is 0 Å². The third kappa shape index (κ3) is 7.62. The van der Waals surface area contributed by atoms with E-state index in [1.807, 2.05) is 0 Å². The van der Waals surface area contributed by atoms with Gasteiger partial charge >= 0.3 is 0 Å². The highest BCUT2D eigenvalue weighted by Gasteiger charge is 2.29. The van der Waals surface area contributed by atoms with Crippen molar-refractivity contribution in [2.45, 2.75) is 66.5 Å². The van der Waals surface area contributed by atoms with E-state index in [9.17, 15) is 0 Å². The van der Waals surface area contributed by atoms with Crippen molar-refractivity contribution in [3.8, 4) is 0 Å². The predicted molar refractivity (Wildman–Crippen MR) is 91.7 cm³/mol. The number of nitrogens with zero attached hydrogens (tertiary/aromatic N) is 1. The number of piperazine rings is 1. The average Bonchev–Trinajstić information content (AvgIpc) is 2.37. The lowest BCUT2D eigenvalue weighted by Gasteiger charge is -2.43. The van der Waals surface area contributed by atoms with Crippen molar-refractivity contribution in [1.29, 1.82) is 0 Å². The monoisotopic (exact) mass is 298 g/mol. The maximum atomic E-state index is 5.83. The van der Waals surface area contributed by atoms with E-state index in [1.165, 1.54) is 19.4 Å². The average molecular weight is 299 g/mol. The summed E-state index contributed by atoms with van der Waals surface area (Å²) in [5, 5.41) is 3.75. The van der Waals surface area contributed by atoms with Gasteiger partial charge in [-0.05, 0) is 30.6 Å². The van der Waals surface area contributed by atoms with Crippen molar-refractivity contribution in [2.24, 2.45) is 17.8 Å². The lowest BCUT2D eigenvalue weighted by Crippen LogP contribution is -2.59. The van der Waals surface area contributed by atoms with Crippen LogP contribution in [0.25, 0.3) is 0 Å². The van der Waals surface area contributed by atoms with Crippen molar-refractivity contribution < 1.29 is 4.74 Å². The molecule has 1 aliphatic heterocycles. The molecule has 1 saturated heterocycles. The summed E-state index contributed by atoms with van der Waals surface area (Å²) in [6, 6.07) is 1.30. The summed E-state index contributed by atoms with van der Waals surface area (Å²) >= 11 is 0. The van der Waals surface area contributed by atoms with Gasteiger partial charge in [0.1, 0.15) is 0 Å². The molecule has 21 heavy (non-hydrogen) atoms. The Bertz CT molecular complexity index is 266. The zero-order valence-electron chi connectivity index (χ0n) is 15.2. The van der Waals surface area contributed by atoms with E-state index in [1.54, 1.807) is 0 Å². The molecule has 3 heteroatoms. The van der Waals surface area contributed by atoms with Crippen LogP contribution in [0.3, 0.4) is 0 Å². The number of ether oxygens (including phenoxy) is 1. The molecule has 0 aliphatic carbocycles. The van der Waals surface area contributed by atoms with Crippen molar-refractivity contribution >= 4 is 0 Å². The Kier molecular flexibility index (Phi) is 8.84. The van der Waals surface area contributed by atoms with E-state index in [-0.39, 0.29) is 0 Å². The summed E-state index contributed by atoms with van der Waals surface area (Å²) in [6.45, 7) is 19.0. The van der Waals surface area contributed by atoms with Gasteiger partial charge in [-0.15, -0.1) is 0 Å². The minimum Gasteiger partial charge on any atom is -0.380 e. The quantitative estimate of drug-likeness (QED) is 0.660. The smallest absolute Gasteiger partial charge is 0.0593 e. The van der Waals surface area contributed by atoms with Gasteiger partial charge in [-0.1, -0.05) is 41.5 Å². The molecule has 0 amide bonds. The maximum Gasteiger partial charge on any atom is 0.0593 e. The van der Waals surface area contributed by atoms with Crippen LogP contribution in [0.2, 0.25) is 0 Å². The highest BCUT2D eigenvalue weighted by atomic mass is 16.5. The van der Waals surface area contributed by atoms with Crippen LogP contribution in [0.4, 0.5) is 0 Å². The van der Waals surface area contributed by atoms with Crippen LogP contribution < -0.4 is 5.32 Å². The maximum absolute atomic E-state index is 5.83. The molecule has 0 spiro atoms. The fourth-order valence-corrected chi connectivity index (χ4v) is 3.14. The first-order valence-corrected chi connectivity index (χ1v) is 8.95. The first-order valence-electron chi connectivity index (χ1n) is 8.95. The zero-order chi connectivity index (χ0) is 15.8. The molecule has 1 aliphatic rings. The second-order valence-corrected chi connectivity index (χ2v) is 7.84. The van der Waals surface area contributed by atoms with Gasteiger partial charge in [0.2, 0.25) is 0 Å². The van der Waals surface area contributed by atoms with Gasteiger partial charge in [-0.3, -0.25) is 4.90 Å². The molecule has 0 aromatic rings. The molecule has 1 rings (SSSR count). The Morgan fingerprint density at radius 3 is 2.33 bits per heavy atom. The summed E-state index contributed by atoms with van der Waals surface area (Å²) < 4.78 is 5.83. The Morgan fingerprint density at radius 2 is 1.76 bits per heavy atom. The van der Waals surface area contributed by atoms with Crippen molar-refractivity contribution in [1.82, 2.24) is 10.2 Å². The fraction of sp³-hybridized carbons (Fsp3) is 1.00. The van der Waals surface area contributed by atoms with Gasteiger partial charge in [0.25, 0.3) is 0 Å². The molecule has 0 radical (unpaired) electrons. The van der Waals surface area contributed by atoms with Gasteiger partial charge < -0.3 is 10.1 Å². The molecule has 1 heterocycles. The van der Waals surface area contributed by atoms with Gasteiger partial charge in [-0.2, -0.15) is 0 Å². The zero-order valence-corrected chi connectivity index (χ0v) is 15.2. The van der Waals surface area contributed by atoms with Crippen molar-refractivity contribution in [3.05, 3.63) is 0 Å².